The lowest BCUT2D eigenvalue weighted by molar-refractivity contribution is -0.125. The predicted molar refractivity (Wildman–Crippen MR) is 45.6 cm³/mol. The molecule has 0 bridgehead atoms. The molecule has 0 aliphatic rings. The van der Waals surface area contributed by atoms with Crippen LogP contribution >= 0.6 is 34.8 Å². The molecule has 0 heterocycles. The average Bonchev–Trinajstić information content (AvgIpc) is 1.84. The number of alkyl halides is 1. The first-order valence-electron chi connectivity index (χ1n) is 2.97. The van der Waals surface area contributed by atoms with Crippen molar-refractivity contribution in [1.29, 1.82) is 0 Å². The molecule has 1 atom stereocenters. The Bertz CT molecular complexity index is 214. The maximum absolute atomic E-state index is 10.8. The highest BCUT2D eigenvalue weighted by Crippen LogP contribution is 2.08. The number of carbonyl (C=O) groups excluding carboxylic acids is 3. The Kier molecular flexibility index (Phi) is 5.46. The standard InChI is InChI=1S/C6H5Cl3O3/c7-4(6(9)12)1-3(10)2-5(8)11/h4H,1-2H2. The molecule has 0 saturated heterocycles. The van der Waals surface area contributed by atoms with Crippen molar-refractivity contribution in [1.82, 2.24) is 0 Å². The van der Waals surface area contributed by atoms with E-state index in [1.54, 1.807) is 0 Å². The van der Waals surface area contributed by atoms with Gasteiger partial charge in [0.15, 0.2) is 0 Å². The summed E-state index contributed by atoms with van der Waals surface area (Å²) in [5.41, 5.74) is 0. The largest absolute Gasteiger partial charge is 0.299 e. The lowest BCUT2D eigenvalue weighted by atomic mass is 10.2. The number of hydrogen-bond acceptors (Lipinski definition) is 3. The number of ketones is 1. The molecule has 0 rings (SSSR count). The Labute approximate surface area is 84.0 Å². The quantitative estimate of drug-likeness (QED) is 0.409. The van der Waals surface area contributed by atoms with Crippen LogP contribution in [0.25, 0.3) is 0 Å². The van der Waals surface area contributed by atoms with E-state index in [1.807, 2.05) is 0 Å². The third-order valence-electron chi connectivity index (χ3n) is 0.989. The Morgan fingerprint density at radius 1 is 1.17 bits per heavy atom. The molecule has 0 N–H and O–H groups in total. The molecule has 0 amide bonds. The van der Waals surface area contributed by atoms with Gasteiger partial charge in [-0.3, -0.25) is 14.4 Å². The van der Waals surface area contributed by atoms with Crippen LogP contribution in [-0.2, 0) is 14.4 Å². The highest BCUT2D eigenvalue weighted by atomic mass is 35.5. The van der Waals surface area contributed by atoms with Gasteiger partial charge in [0.05, 0.1) is 6.42 Å². The zero-order valence-corrected chi connectivity index (χ0v) is 8.12. The molecular formula is C6H5Cl3O3. The maximum atomic E-state index is 10.8. The van der Waals surface area contributed by atoms with Gasteiger partial charge in [0.25, 0.3) is 0 Å². The van der Waals surface area contributed by atoms with E-state index in [-0.39, 0.29) is 6.42 Å². The summed E-state index contributed by atoms with van der Waals surface area (Å²) >= 11 is 15.2. The first kappa shape index (κ1) is 11.9. The summed E-state index contributed by atoms with van der Waals surface area (Å²) in [7, 11) is 0. The van der Waals surface area contributed by atoms with Gasteiger partial charge in [-0.1, -0.05) is 0 Å². The number of carbonyl (C=O) groups is 3. The van der Waals surface area contributed by atoms with Crippen molar-refractivity contribution >= 4 is 51.1 Å². The monoisotopic (exact) mass is 230 g/mol. The zero-order chi connectivity index (χ0) is 9.72. The van der Waals surface area contributed by atoms with Crippen LogP contribution in [0.5, 0.6) is 0 Å². The Morgan fingerprint density at radius 2 is 1.67 bits per heavy atom. The molecule has 3 nitrogen and oxygen atoms in total. The molecule has 68 valence electrons. The lowest BCUT2D eigenvalue weighted by Gasteiger charge is -2.00. The van der Waals surface area contributed by atoms with Crippen LogP contribution in [-0.4, -0.2) is 21.6 Å². The third-order valence-corrected chi connectivity index (χ3v) is 1.85. The minimum atomic E-state index is -1.07. The molecule has 12 heavy (non-hydrogen) atoms. The third kappa shape index (κ3) is 5.52. The van der Waals surface area contributed by atoms with Crippen LogP contribution in [0.1, 0.15) is 12.8 Å². The van der Waals surface area contributed by atoms with E-state index in [9.17, 15) is 14.4 Å². The molecule has 0 aromatic carbocycles. The molecule has 0 aliphatic carbocycles. The normalized spacial score (nSPS) is 12.2. The summed E-state index contributed by atoms with van der Waals surface area (Å²) in [6.45, 7) is 0. The van der Waals surface area contributed by atoms with E-state index < -0.39 is 28.1 Å². The smallest absolute Gasteiger partial charge is 0.239 e. The second-order valence-corrected chi connectivity index (χ2v) is 3.37. The van der Waals surface area contributed by atoms with Gasteiger partial charge in [0.1, 0.15) is 11.2 Å². The van der Waals surface area contributed by atoms with Crippen molar-refractivity contribution in [2.24, 2.45) is 0 Å². The minimum Gasteiger partial charge on any atom is -0.299 e. The van der Waals surface area contributed by atoms with Crippen LogP contribution in [0.4, 0.5) is 0 Å². The Balaban J connectivity index is 3.85. The molecular weight excluding hydrogens is 226 g/mol. The van der Waals surface area contributed by atoms with Gasteiger partial charge in [0, 0.05) is 6.42 Å². The summed E-state index contributed by atoms with van der Waals surface area (Å²) in [5.74, 6) is -0.496. The van der Waals surface area contributed by atoms with Crippen molar-refractivity contribution < 1.29 is 14.4 Å². The number of halogens is 3. The van der Waals surface area contributed by atoms with E-state index in [0.717, 1.165) is 0 Å². The van der Waals surface area contributed by atoms with E-state index in [1.165, 1.54) is 0 Å². The van der Waals surface area contributed by atoms with Gasteiger partial charge in [-0.05, 0) is 23.2 Å². The molecule has 0 radical (unpaired) electrons. The molecule has 0 spiro atoms. The topological polar surface area (TPSA) is 51.2 Å². The SMILES string of the molecule is O=C(Cl)CC(=O)CC(Cl)C(=O)Cl. The van der Waals surface area contributed by atoms with Crippen LogP contribution in [0.3, 0.4) is 0 Å². The fraction of sp³-hybridized carbons (Fsp3) is 0.500. The van der Waals surface area contributed by atoms with Crippen LogP contribution in [0.15, 0.2) is 0 Å². The second kappa shape index (κ2) is 5.51. The molecule has 1 unspecified atom stereocenters. The summed E-state index contributed by atoms with van der Waals surface area (Å²) in [6.07, 6.45) is -0.683. The average molecular weight is 231 g/mol. The lowest BCUT2D eigenvalue weighted by Crippen LogP contribution is -2.15. The van der Waals surface area contributed by atoms with E-state index in [0.29, 0.717) is 0 Å². The van der Waals surface area contributed by atoms with E-state index in [4.69, 9.17) is 34.8 Å². The number of Topliss-reactive ketones (excluding diaryl/α,β-unsaturated/α-hetero) is 1. The molecule has 0 aromatic heterocycles. The first-order chi connectivity index (χ1) is 5.43. The van der Waals surface area contributed by atoms with Gasteiger partial charge < -0.3 is 0 Å². The molecule has 0 fully saturated rings. The molecule has 0 aliphatic heterocycles. The van der Waals surface area contributed by atoms with Gasteiger partial charge in [-0.25, -0.2) is 0 Å². The fourth-order valence-corrected chi connectivity index (χ4v) is 0.906. The van der Waals surface area contributed by atoms with Gasteiger partial charge in [-0.15, -0.1) is 11.6 Å². The van der Waals surface area contributed by atoms with Crippen molar-refractivity contribution in [2.75, 3.05) is 0 Å². The van der Waals surface area contributed by atoms with Crippen molar-refractivity contribution in [2.45, 2.75) is 18.2 Å². The number of rotatable bonds is 5. The fourth-order valence-electron chi connectivity index (χ4n) is 0.507. The summed E-state index contributed by atoms with van der Waals surface area (Å²) in [4.78, 5) is 31.3. The molecule has 0 aromatic rings. The first-order valence-corrected chi connectivity index (χ1v) is 4.16. The molecule has 0 saturated carbocycles. The van der Waals surface area contributed by atoms with Crippen LogP contribution in [0.2, 0.25) is 0 Å². The summed E-state index contributed by atoms with van der Waals surface area (Å²) < 4.78 is 0. The summed E-state index contributed by atoms with van der Waals surface area (Å²) in [6, 6.07) is 0. The van der Waals surface area contributed by atoms with Gasteiger partial charge in [-0.2, -0.15) is 0 Å². The van der Waals surface area contributed by atoms with Gasteiger partial charge in [0.2, 0.25) is 10.5 Å². The minimum absolute atomic E-state index is 0.262. The van der Waals surface area contributed by atoms with Crippen LogP contribution < -0.4 is 0 Å². The second-order valence-electron chi connectivity index (χ2n) is 2.05. The van der Waals surface area contributed by atoms with E-state index >= 15 is 0 Å². The Hall–Kier alpha value is -0.120. The van der Waals surface area contributed by atoms with Crippen molar-refractivity contribution in [3.8, 4) is 0 Å². The highest BCUT2D eigenvalue weighted by molar-refractivity contribution is 6.69. The van der Waals surface area contributed by atoms with E-state index in [2.05, 4.69) is 0 Å². The predicted octanol–water partition coefficient (Wildman–Crippen LogP) is 1.47. The van der Waals surface area contributed by atoms with Crippen LogP contribution in [0, 0.1) is 0 Å². The van der Waals surface area contributed by atoms with Crippen molar-refractivity contribution in [3.05, 3.63) is 0 Å². The Morgan fingerprint density at radius 3 is 2.00 bits per heavy atom. The molecule has 6 heteroatoms. The number of hydrogen-bond donors (Lipinski definition) is 0. The highest BCUT2D eigenvalue weighted by Gasteiger charge is 2.18. The summed E-state index contributed by atoms with van der Waals surface area (Å²) in [5, 5.41) is -2.66. The van der Waals surface area contributed by atoms with Crippen molar-refractivity contribution in [3.63, 3.8) is 0 Å². The zero-order valence-electron chi connectivity index (χ0n) is 5.85. The van der Waals surface area contributed by atoms with Gasteiger partial charge >= 0.3 is 0 Å². The maximum Gasteiger partial charge on any atom is 0.239 e.